The smallest absolute Gasteiger partial charge is 0.200 e. The van der Waals surface area contributed by atoms with Crippen molar-refractivity contribution in [3.8, 4) is 0 Å². The third-order valence-corrected chi connectivity index (χ3v) is 11.5. The number of benzene rings is 3. The third-order valence-electron chi connectivity index (χ3n) is 7.96. The van der Waals surface area contributed by atoms with Crippen LogP contribution in [0.2, 0.25) is 0 Å². The lowest BCUT2D eigenvalue weighted by atomic mass is 9.82. The quantitative estimate of drug-likeness (QED) is 0.210. The minimum atomic E-state index is -0.574. The van der Waals surface area contributed by atoms with Crippen LogP contribution in [0.1, 0.15) is 0 Å². The monoisotopic (exact) mass is 645 g/mol. The number of fused-ring (bicyclic) bond motifs is 3. The molecule has 222 valence electrons. The number of hydrogen-bond donors (Lipinski definition) is 0. The molecule has 3 heterocycles. The number of ketones is 3. The van der Waals surface area contributed by atoms with Crippen LogP contribution in [0.5, 0.6) is 0 Å². The zero-order valence-corrected chi connectivity index (χ0v) is 27.1. The predicted molar refractivity (Wildman–Crippen MR) is 186 cm³/mol. The van der Waals surface area contributed by atoms with E-state index < -0.39 is 17.3 Å². The van der Waals surface area contributed by atoms with Crippen LogP contribution in [0.3, 0.4) is 0 Å². The Morgan fingerprint density at radius 3 is 0.956 bits per heavy atom. The van der Waals surface area contributed by atoms with Crippen LogP contribution < -0.4 is 14.7 Å². The molecule has 4 aliphatic rings. The number of allylic oxidation sites excluding steroid dienone is 9. The maximum Gasteiger partial charge on any atom is 0.200 e. The van der Waals surface area contributed by atoms with Gasteiger partial charge in [0.05, 0.1) is 48.9 Å². The topological polar surface area (TPSA) is 60.9 Å². The summed E-state index contributed by atoms with van der Waals surface area (Å²) in [5.41, 5.74) is 3.07. The van der Waals surface area contributed by atoms with Gasteiger partial charge in [-0.25, -0.2) is 0 Å². The Labute approximate surface area is 274 Å². The number of nitrogens with zero attached hydrogens (tertiary/aromatic N) is 3. The SMILES string of the molecule is CN1/C(=C/C=C2C(=O)C(=C/C=C3/Sc4ccccc4N3C)C(=O)C(=C/C=C3/Sc4ccccc4N3C)C2=O)Sc2ccccc21. The summed E-state index contributed by atoms with van der Waals surface area (Å²) >= 11 is 4.70. The maximum absolute atomic E-state index is 13.8. The highest BCUT2D eigenvalue weighted by Gasteiger charge is 2.38. The minimum Gasteiger partial charge on any atom is -0.338 e. The normalized spacial score (nSPS) is 22.0. The highest BCUT2D eigenvalue weighted by atomic mass is 32.2. The Morgan fingerprint density at radius 2 is 0.689 bits per heavy atom. The van der Waals surface area contributed by atoms with E-state index in [1.807, 2.05) is 109 Å². The molecule has 0 saturated heterocycles. The summed E-state index contributed by atoms with van der Waals surface area (Å²) in [6.45, 7) is 0. The molecule has 1 aliphatic carbocycles. The van der Waals surface area contributed by atoms with Crippen LogP contribution in [0, 0.1) is 0 Å². The molecule has 0 aromatic heterocycles. The number of hydrogen-bond acceptors (Lipinski definition) is 9. The van der Waals surface area contributed by atoms with E-state index in [0.29, 0.717) is 0 Å². The first-order chi connectivity index (χ1) is 21.8. The Hall–Kier alpha value is -4.44. The van der Waals surface area contributed by atoms with Crippen molar-refractivity contribution < 1.29 is 14.4 Å². The first-order valence-corrected chi connectivity index (χ1v) is 16.7. The van der Waals surface area contributed by atoms with Crippen LogP contribution in [-0.4, -0.2) is 38.5 Å². The molecule has 6 nitrogen and oxygen atoms in total. The fourth-order valence-corrected chi connectivity index (χ4v) is 8.62. The maximum atomic E-state index is 13.8. The predicted octanol–water partition coefficient (Wildman–Crippen LogP) is 7.74. The van der Waals surface area contributed by atoms with E-state index in [4.69, 9.17) is 0 Å². The lowest BCUT2D eigenvalue weighted by molar-refractivity contribution is -0.124. The molecule has 9 heteroatoms. The first-order valence-electron chi connectivity index (χ1n) is 14.2. The van der Waals surface area contributed by atoms with Crippen LogP contribution in [0.25, 0.3) is 0 Å². The number of carbonyl (C=O) groups is 3. The van der Waals surface area contributed by atoms with Gasteiger partial charge in [0.2, 0.25) is 17.3 Å². The Bertz CT molecular complexity index is 1750. The zero-order valence-electron chi connectivity index (χ0n) is 24.7. The molecule has 7 rings (SSSR count). The summed E-state index contributed by atoms with van der Waals surface area (Å²) in [5, 5.41) is 2.64. The molecule has 0 bridgehead atoms. The van der Waals surface area contributed by atoms with Gasteiger partial charge in [-0.1, -0.05) is 71.7 Å². The van der Waals surface area contributed by atoms with E-state index in [-0.39, 0.29) is 16.7 Å². The molecule has 3 aromatic rings. The van der Waals surface area contributed by atoms with Gasteiger partial charge in [0.25, 0.3) is 0 Å². The molecule has 0 spiro atoms. The van der Waals surface area contributed by atoms with E-state index in [1.165, 1.54) is 0 Å². The van der Waals surface area contributed by atoms with E-state index in [9.17, 15) is 14.4 Å². The largest absolute Gasteiger partial charge is 0.338 e. The fourth-order valence-electron chi connectivity index (χ4n) is 5.46. The fraction of sp³-hybridized carbons (Fsp3) is 0.0833. The van der Waals surface area contributed by atoms with Crippen molar-refractivity contribution in [1.82, 2.24) is 0 Å². The van der Waals surface area contributed by atoms with Gasteiger partial charge in [-0.3, -0.25) is 14.4 Å². The van der Waals surface area contributed by atoms with Crippen molar-refractivity contribution in [3.05, 3.63) is 141 Å². The molecule has 45 heavy (non-hydrogen) atoms. The first kappa shape index (κ1) is 29.3. The molecule has 0 unspecified atom stereocenters. The molecular formula is C36H27N3O3S3. The summed E-state index contributed by atoms with van der Waals surface area (Å²) in [6, 6.07) is 24.1. The van der Waals surface area contributed by atoms with Crippen molar-refractivity contribution in [1.29, 1.82) is 0 Å². The summed E-state index contributed by atoms with van der Waals surface area (Å²) in [4.78, 5) is 50.9. The lowest BCUT2D eigenvalue weighted by Crippen LogP contribution is -2.31. The van der Waals surface area contributed by atoms with Crippen LogP contribution in [0.15, 0.2) is 156 Å². The summed E-state index contributed by atoms with van der Waals surface area (Å²) in [5.74, 6) is -1.72. The van der Waals surface area contributed by atoms with Gasteiger partial charge in [-0.05, 0) is 72.9 Å². The molecule has 0 atom stereocenters. The van der Waals surface area contributed by atoms with Gasteiger partial charge >= 0.3 is 0 Å². The average molecular weight is 646 g/mol. The van der Waals surface area contributed by atoms with E-state index >= 15 is 0 Å². The van der Waals surface area contributed by atoms with Crippen LogP contribution in [0.4, 0.5) is 17.1 Å². The lowest BCUT2D eigenvalue weighted by Gasteiger charge is -2.18. The standard InChI is InChI=1S/C36H27N3O3S3/c1-37-25-10-4-7-13-28(25)43-31(37)19-16-22-34(40)23(17-20-32-38(2)26-11-5-8-14-29(26)44-32)36(42)24(35(22)41)18-21-33-39(3)27-12-6-9-15-30(27)45-33/h4-21H,1-3H3/b22-16?,23-17?,24-18?,31-19-,32-20+,33-21+. The molecule has 0 N–H and O–H groups in total. The molecule has 3 aliphatic heterocycles. The molecule has 0 amide bonds. The van der Waals surface area contributed by atoms with Crippen molar-refractivity contribution in [3.63, 3.8) is 0 Å². The van der Waals surface area contributed by atoms with E-state index in [0.717, 1.165) is 46.8 Å². The second-order valence-electron chi connectivity index (χ2n) is 10.6. The molecule has 1 fully saturated rings. The second kappa shape index (κ2) is 11.8. The van der Waals surface area contributed by atoms with Gasteiger partial charge in [0.15, 0.2) is 0 Å². The van der Waals surface area contributed by atoms with Gasteiger partial charge in [0.1, 0.15) is 0 Å². The number of rotatable bonds is 3. The number of Topliss-reactive ketones (excluding diaryl/α,β-unsaturated/α-hetero) is 3. The summed E-state index contributed by atoms with van der Waals surface area (Å²) < 4.78 is 0. The van der Waals surface area contributed by atoms with E-state index in [2.05, 4.69) is 0 Å². The minimum absolute atomic E-state index is 0.0345. The number of anilines is 3. The number of carbonyl (C=O) groups excluding carboxylic acids is 3. The number of para-hydroxylation sites is 3. The highest BCUT2D eigenvalue weighted by Crippen LogP contribution is 2.47. The zero-order chi connectivity index (χ0) is 31.2. The van der Waals surface area contributed by atoms with Crippen molar-refractivity contribution in [2.75, 3.05) is 35.8 Å². The average Bonchev–Trinajstić information content (AvgIpc) is 3.67. The molecular weight excluding hydrogens is 619 g/mol. The molecule has 0 radical (unpaired) electrons. The van der Waals surface area contributed by atoms with Gasteiger partial charge in [0, 0.05) is 35.8 Å². The van der Waals surface area contributed by atoms with Crippen LogP contribution in [-0.2, 0) is 14.4 Å². The van der Waals surface area contributed by atoms with Gasteiger partial charge < -0.3 is 14.7 Å². The third kappa shape index (κ3) is 5.20. The Morgan fingerprint density at radius 1 is 0.422 bits per heavy atom. The van der Waals surface area contributed by atoms with Crippen LogP contribution >= 0.6 is 35.3 Å². The van der Waals surface area contributed by atoms with Crippen molar-refractivity contribution in [2.45, 2.75) is 14.7 Å². The van der Waals surface area contributed by atoms with Crippen molar-refractivity contribution >= 4 is 69.7 Å². The highest BCUT2D eigenvalue weighted by molar-refractivity contribution is 8.04. The van der Waals surface area contributed by atoms with Gasteiger partial charge in [-0.2, -0.15) is 0 Å². The Balaban J connectivity index is 1.27. The van der Waals surface area contributed by atoms with Gasteiger partial charge in [-0.15, -0.1) is 0 Å². The van der Waals surface area contributed by atoms with E-state index in [1.54, 1.807) is 71.7 Å². The second-order valence-corrected chi connectivity index (χ2v) is 13.8. The van der Waals surface area contributed by atoms with Crippen molar-refractivity contribution in [2.24, 2.45) is 0 Å². The summed E-state index contributed by atoms with van der Waals surface area (Å²) in [6.07, 6.45) is 10.0. The summed E-state index contributed by atoms with van der Waals surface area (Å²) in [7, 11) is 5.86. The molecule has 1 saturated carbocycles. The molecule has 3 aromatic carbocycles. The number of thioether (sulfide) groups is 3. The Kier molecular flexibility index (Phi) is 7.69.